The first-order chi connectivity index (χ1) is 11.3. The van der Waals surface area contributed by atoms with E-state index in [0.29, 0.717) is 12.2 Å². The Labute approximate surface area is 151 Å². The van der Waals surface area contributed by atoms with Crippen LogP contribution in [0, 0.1) is 0 Å². The highest BCUT2D eigenvalue weighted by Crippen LogP contribution is 2.14. The molecule has 0 spiro atoms. The zero-order valence-corrected chi connectivity index (χ0v) is 19.4. The van der Waals surface area contributed by atoms with Gasteiger partial charge in [0.1, 0.15) is 0 Å². The summed E-state index contributed by atoms with van der Waals surface area (Å²) in [6, 6.07) is 0. The Morgan fingerprint density at radius 2 is 0.870 bits per heavy atom. The van der Waals surface area contributed by atoms with Crippen molar-refractivity contribution in [2.24, 2.45) is 0 Å². The zero-order chi connectivity index (χ0) is 17.2. The van der Waals surface area contributed by atoms with Gasteiger partial charge < -0.3 is 8.85 Å². The molecule has 0 radical (unpaired) electrons. The van der Waals surface area contributed by atoms with Crippen LogP contribution in [-0.2, 0) is 8.85 Å². The molecule has 0 saturated heterocycles. The summed E-state index contributed by atoms with van der Waals surface area (Å²) in [5.74, 6) is 0. The van der Waals surface area contributed by atoms with Gasteiger partial charge in [-0.05, 0) is 31.4 Å². The van der Waals surface area contributed by atoms with E-state index in [1.807, 2.05) is 0 Å². The van der Waals surface area contributed by atoms with Crippen molar-refractivity contribution in [2.45, 2.75) is 123 Å². The van der Waals surface area contributed by atoms with Crippen LogP contribution in [0.5, 0.6) is 0 Å². The second-order valence-electron chi connectivity index (χ2n) is 6.91. The maximum absolute atomic E-state index is 6.28. The quantitative estimate of drug-likeness (QED) is 0.251. The highest BCUT2D eigenvalue weighted by Gasteiger charge is 2.10. The molecule has 0 heterocycles. The van der Waals surface area contributed by atoms with E-state index in [1.54, 1.807) is 0 Å². The largest absolute Gasteiger partial charge is 0.421 e. The molecule has 23 heavy (non-hydrogen) atoms. The Bertz CT molecular complexity index is 189. The van der Waals surface area contributed by atoms with Crippen molar-refractivity contribution in [3.8, 4) is 0 Å². The van der Waals surface area contributed by atoms with E-state index < -0.39 is 0 Å². The smallest absolute Gasteiger partial charge is 0.161 e. The van der Waals surface area contributed by atoms with Crippen molar-refractivity contribution < 1.29 is 8.85 Å². The van der Waals surface area contributed by atoms with Crippen LogP contribution in [0.4, 0.5) is 0 Å². The summed E-state index contributed by atoms with van der Waals surface area (Å²) in [4.78, 5) is 0. The first-order valence-corrected chi connectivity index (χ1v) is 13.7. The maximum Gasteiger partial charge on any atom is 0.161 e. The van der Waals surface area contributed by atoms with Gasteiger partial charge in [-0.2, -0.15) is 0 Å². The molecule has 0 N–H and O–H groups in total. The van der Waals surface area contributed by atoms with Crippen molar-refractivity contribution in [1.82, 2.24) is 0 Å². The van der Waals surface area contributed by atoms with Gasteiger partial charge >= 0.3 is 0 Å². The van der Waals surface area contributed by atoms with Gasteiger partial charge in [0.15, 0.2) is 19.5 Å². The molecule has 0 aromatic carbocycles. The summed E-state index contributed by atoms with van der Waals surface area (Å²) >= 11 is 0. The van der Waals surface area contributed by atoms with Crippen LogP contribution in [0.2, 0.25) is 5.67 Å². The van der Waals surface area contributed by atoms with Gasteiger partial charge in [-0.3, -0.25) is 0 Å². The van der Waals surface area contributed by atoms with E-state index in [1.165, 1.54) is 82.7 Å². The van der Waals surface area contributed by atoms with Crippen LogP contribution in [0.25, 0.3) is 0 Å². The molecule has 140 valence electrons. The predicted molar refractivity (Wildman–Crippen MR) is 110 cm³/mol. The molecule has 0 aromatic rings. The normalized spacial score (nSPS) is 12.8. The third-order valence-corrected chi connectivity index (χ3v) is 8.24. The molecule has 0 aromatic heterocycles. The lowest BCUT2D eigenvalue weighted by molar-refractivity contribution is 0.177. The molecule has 4 heteroatoms. The Balaban J connectivity index is 3.81. The van der Waals surface area contributed by atoms with E-state index in [2.05, 4.69) is 27.7 Å². The molecule has 0 atom stereocenters. The fourth-order valence-corrected chi connectivity index (χ4v) is 6.05. The standard InChI is InChI=1S/C19H44O2Si2/c1-5-9-13-18(14-10-6-2)20-22-17-23-21-19(15-11-7-3)16-12-8-4/h18-19H,5-17,22-23H2,1-4H3. The lowest BCUT2D eigenvalue weighted by Gasteiger charge is -2.20. The molecule has 0 amide bonds. The van der Waals surface area contributed by atoms with Gasteiger partial charge in [-0.1, -0.05) is 79.1 Å². The van der Waals surface area contributed by atoms with Crippen LogP contribution >= 0.6 is 0 Å². The average Bonchev–Trinajstić information content (AvgIpc) is 2.57. The van der Waals surface area contributed by atoms with Crippen molar-refractivity contribution in [2.75, 3.05) is 0 Å². The molecule has 0 saturated carbocycles. The van der Waals surface area contributed by atoms with Crippen molar-refractivity contribution in [3.05, 3.63) is 0 Å². The van der Waals surface area contributed by atoms with Crippen LogP contribution < -0.4 is 0 Å². The summed E-state index contributed by atoms with van der Waals surface area (Å²) in [5, 5.41) is 0. The Morgan fingerprint density at radius 3 is 1.13 bits per heavy atom. The molecular formula is C19H44O2Si2. The van der Waals surface area contributed by atoms with Crippen LogP contribution in [0.3, 0.4) is 0 Å². The first kappa shape index (κ1) is 23.4. The minimum absolute atomic E-state index is 0.337. The number of hydrogen-bond donors (Lipinski definition) is 0. The summed E-state index contributed by atoms with van der Waals surface area (Å²) in [7, 11) is -0.673. The van der Waals surface area contributed by atoms with Crippen molar-refractivity contribution in [1.29, 1.82) is 0 Å². The molecular weight excluding hydrogens is 316 g/mol. The van der Waals surface area contributed by atoms with Crippen LogP contribution in [-0.4, -0.2) is 31.7 Å². The number of hydrogen-bond acceptors (Lipinski definition) is 2. The SMILES string of the molecule is CCCCC(CCCC)O[SiH2]C[SiH2]OC(CCCC)CCCC. The third-order valence-electron chi connectivity index (χ3n) is 4.51. The van der Waals surface area contributed by atoms with E-state index in [0.717, 1.165) is 0 Å². The summed E-state index contributed by atoms with van der Waals surface area (Å²) in [5.41, 5.74) is 1.32. The van der Waals surface area contributed by atoms with Crippen molar-refractivity contribution in [3.63, 3.8) is 0 Å². The Morgan fingerprint density at radius 1 is 0.565 bits per heavy atom. The fraction of sp³-hybridized carbons (Fsp3) is 1.00. The third kappa shape index (κ3) is 15.6. The molecule has 0 aliphatic rings. The summed E-state index contributed by atoms with van der Waals surface area (Å²) in [6.45, 7) is 9.12. The van der Waals surface area contributed by atoms with Gasteiger partial charge in [0, 0.05) is 12.2 Å². The van der Waals surface area contributed by atoms with Crippen molar-refractivity contribution >= 4 is 19.5 Å². The molecule has 0 rings (SSSR count). The van der Waals surface area contributed by atoms with Gasteiger partial charge in [0.25, 0.3) is 0 Å². The first-order valence-electron chi connectivity index (χ1n) is 10.5. The fourth-order valence-electron chi connectivity index (χ4n) is 2.91. The van der Waals surface area contributed by atoms with Crippen LogP contribution in [0.1, 0.15) is 105 Å². The topological polar surface area (TPSA) is 18.5 Å². The molecule has 0 aliphatic heterocycles. The molecule has 2 nitrogen and oxygen atoms in total. The van der Waals surface area contributed by atoms with Gasteiger partial charge in [-0.15, -0.1) is 0 Å². The number of unbranched alkanes of at least 4 members (excludes halogenated alkanes) is 4. The van der Waals surface area contributed by atoms with E-state index >= 15 is 0 Å². The minimum atomic E-state index is -0.337. The van der Waals surface area contributed by atoms with Crippen LogP contribution in [0.15, 0.2) is 0 Å². The molecule has 0 unspecified atom stereocenters. The Hall–Kier alpha value is 0.354. The van der Waals surface area contributed by atoms with E-state index in [4.69, 9.17) is 8.85 Å². The maximum atomic E-state index is 6.28. The van der Waals surface area contributed by atoms with Gasteiger partial charge in [0.05, 0.1) is 0 Å². The van der Waals surface area contributed by atoms with E-state index in [9.17, 15) is 0 Å². The zero-order valence-electron chi connectivity index (χ0n) is 16.6. The highest BCUT2D eigenvalue weighted by molar-refractivity contribution is 6.48. The summed E-state index contributed by atoms with van der Waals surface area (Å²) < 4.78 is 12.6. The monoisotopic (exact) mass is 360 g/mol. The summed E-state index contributed by atoms with van der Waals surface area (Å²) in [6.07, 6.45) is 16.7. The molecule has 0 fully saturated rings. The number of rotatable bonds is 18. The molecule has 0 bridgehead atoms. The second kappa shape index (κ2) is 18.7. The van der Waals surface area contributed by atoms with E-state index in [-0.39, 0.29) is 19.5 Å². The Kier molecular flexibility index (Phi) is 19.0. The highest BCUT2D eigenvalue weighted by atomic mass is 28.3. The minimum Gasteiger partial charge on any atom is -0.421 e. The van der Waals surface area contributed by atoms with Gasteiger partial charge in [0.2, 0.25) is 0 Å². The van der Waals surface area contributed by atoms with Gasteiger partial charge in [-0.25, -0.2) is 0 Å². The second-order valence-corrected chi connectivity index (χ2v) is 11.2. The average molecular weight is 361 g/mol. The predicted octanol–water partition coefficient (Wildman–Crippen LogP) is 5.06. The lowest BCUT2D eigenvalue weighted by Crippen LogP contribution is -2.20. The lowest BCUT2D eigenvalue weighted by atomic mass is 10.1. The molecule has 0 aliphatic carbocycles.